The molecule has 232 valence electrons. The zero-order valence-electron chi connectivity index (χ0n) is 24.3. The number of pyridine rings is 1. The van der Waals surface area contributed by atoms with Gasteiger partial charge < -0.3 is 25.8 Å². The van der Waals surface area contributed by atoms with Gasteiger partial charge in [-0.25, -0.2) is 8.42 Å². The number of halogens is 1. The van der Waals surface area contributed by atoms with E-state index in [4.69, 9.17) is 10.5 Å². The number of sulfonamides is 1. The Morgan fingerprint density at radius 3 is 2.37 bits per heavy atom. The van der Waals surface area contributed by atoms with Crippen LogP contribution in [0.1, 0.15) is 30.4 Å². The van der Waals surface area contributed by atoms with Crippen LogP contribution in [0.2, 0.25) is 0 Å². The maximum Gasteiger partial charge on any atom is 0.244 e. The van der Waals surface area contributed by atoms with E-state index in [-0.39, 0.29) is 35.4 Å². The van der Waals surface area contributed by atoms with Crippen molar-refractivity contribution in [2.75, 3.05) is 44.5 Å². The molecule has 4 rings (SSSR count). The average Bonchev–Trinajstić information content (AvgIpc) is 3.02. The quantitative estimate of drug-likeness (QED) is 0.203. The van der Waals surface area contributed by atoms with Crippen LogP contribution >= 0.6 is 0 Å². The number of rotatable bonds is 14. The van der Waals surface area contributed by atoms with Crippen LogP contribution in [0.25, 0.3) is 0 Å². The van der Waals surface area contributed by atoms with E-state index >= 15 is 0 Å². The minimum absolute atomic E-state index is 0.114. The Bertz CT molecular complexity index is 1430. The number of nitrogen functional groups attached to an aromatic ring is 1. The number of carbonyl (C=O) groups is 1. The van der Waals surface area contributed by atoms with Crippen LogP contribution in [0.5, 0.6) is 5.75 Å². The van der Waals surface area contributed by atoms with Crippen molar-refractivity contribution in [2.24, 2.45) is 5.92 Å². The lowest BCUT2D eigenvalue weighted by molar-refractivity contribution is -0.134. The van der Waals surface area contributed by atoms with Crippen molar-refractivity contribution in [3.05, 3.63) is 78.1 Å². The Hall–Kier alpha value is -3.74. The Kier molecular flexibility index (Phi) is 11.3. The molecule has 1 aliphatic heterocycles. The van der Waals surface area contributed by atoms with E-state index in [1.54, 1.807) is 36.3 Å². The fourth-order valence-electron chi connectivity index (χ4n) is 5.28. The molecule has 1 aromatic heterocycles. The predicted octanol–water partition coefficient (Wildman–Crippen LogP) is 3.18. The molecule has 10 nitrogen and oxygen atoms in total. The number of hydrogen-bond acceptors (Lipinski definition) is 8. The molecule has 1 amide bonds. The summed E-state index contributed by atoms with van der Waals surface area (Å²) < 4.78 is 48.4. The Morgan fingerprint density at radius 2 is 1.74 bits per heavy atom. The molecule has 12 heteroatoms. The smallest absolute Gasteiger partial charge is 0.244 e. The van der Waals surface area contributed by atoms with E-state index in [1.807, 2.05) is 24.3 Å². The standard InChI is InChI=1S/C31H40FN5O5S/c1-42-27-8-4-23(5-9-27)18-26(21-38)35-28-11-15-34-20-30(28)43(40,41)36-29(19-24-2-6-25(33)7-3-24)31(39)37-16-12-22(10-14-32)13-17-37/h2-9,11,15,20,22,26,29,36,38H,10,12-14,16-19,21,33H2,1H3,(H,34,35)/t26-,29-/m0/s1. The number of amides is 1. The van der Waals surface area contributed by atoms with E-state index in [1.165, 1.54) is 18.5 Å². The maximum absolute atomic E-state index is 13.8. The fourth-order valence-corrected chi connectivity index (χ4v) is 6.58. The molecular formula is C31H40FN5O5S. The maximum atomic E-state index is 13.8. The number of benzene rings is 2. The van der Waals surface area contributed by atoms with E-state index in [0.29, 0.717) is 50.2 Å². The second-order valence-electron chi connectivity index (χ2n) is 10.8. The molecule has 2 heterocycles. The van der Waals surface area contributed by atoms with Gasteiger partial charge in [-0.1, -0.05) is 24.3 Å². The fraction of sp³-hybridized carbons (Fsp3) is 0.419. The molecule has 1 fully saturated rings. The Balaban J connectivity index is 1.55. The normalized spacial score (nSPS) is 15.6. The van der Waals surface area contributed by atoms with Crippen molar-refractivity contribution in [3.8, 4) is 5.75 Å². The third kappa shape index (κ3) is 8.88. The van der Waals surface area contributed by atoms with Gasteiger partial charge in [-0.3, -0.25) is 14.2 Å². The molecule has 0 aliphatic carbocycles. The van der Waals surface area contributed by atoms with Gasteiger partial charge >= 0.3 is 0 Å². The number of nitrogens with zero attached hydrogens (tertiary/aromatic N) is 2. The van der Waals surface area contributed by atoms with Crippen molar-refractivity contribution in [1.82, 2.24) is 14.6 Å². The minimum atomic E-state index is -4.25. The number of nitrogens with two attached hydrogens (primary N) is 1. The first-order valence-corrected chi connectivity index (χ1v) is 15.9. The number of alkyl halides is 1. The Labute approximate surface area is 252 Å². The summed E-state index contributed by atoms with van der Waals surface area (Å²) in [4.78, 5) is 19.3. The highest BCUT2D eigenvalue weighted by molar-refractivity contribution is 7.89. The number of aromatic nitrogens is 1. The Morgan fingerprint density at radius 1 is 1.09 bits per heavy atom. The first-order valence-electron chi connectivity index (χ1n) is 14.4. The summed E-state index contributed by atoms with van der Waals surface area (Å²) in [5.41, 5.74) is 8.30. The van der Waals surface area contributed by atoms with Crippen LogP contribution in [-0.2, 0) is 27.7 Å². The number of likely N-dealkylation sites (tertiary alicyclic amines) is 1. The number of methoxy groups -OCH3 is 1. The summed E-state index contributed by atoms with van der Waals surface area (Å²) in [6.07, 6.45) is 5.03. The summed E-state index contributed by atoms with van der Waals surface area (Å²) in [5, 5.41) is 13.2. The number of aliphatic hydroxyl groups excluding tert-OH is 1. The zero-order chi connectivity index (χ0) is 30.8. The van der Waals surface area contributed by atoms with Crippen molar-refractivity contribution in [3.63, 3.8) is 0 Å². The van der Waals surface area contributed by atoms with Gasteiger partial charge in [0.25, 0.3) is 0 Å². The van der Waals surface area contributed by atoms with Gasteiger partial charge in [0.2, 0.25) is 15.9 Å². The van der Waals surface area contributed by atoms with Crippen LogP contribution in [-0.4, -0.2) is 74.9 Å². The molecule has 0 saturated carbocycles. The molecule has 0 bridgehead atoms. The molecule has 1 aliphatic rings. The number of carbonyl (C=O) groups excluding carboxylic acids is 1. The van der Waals surface area contributed by atoms with Crippen molar-refractivity contribution >= 4 is 27.3 Å². The van der Waals surface area contributed by atoms with Crippen LogP contribution in [0, 0.1) is 5.92 Å². The third-order valence-corrected chi connectivity index (χ3v) is 9.25. The van der Waals surface area contributed by atoms with Gasteiger partial charge in [0.15, 0.2) is 0 Å². The lowest BCUT2D eigenvalue weighted by Crippen LogP contribution is -2.51. The number of nitrogens with one attached hydrogen (secondary N) is 2. The number of piperidine rings is 1. The van der Waals surface area contributed by atoms with Crippen LogP contribution in [0.3, 0.4) is 0 Å². The third-order valence-electron chi connectivity index (χ3n) is 7.75. The minimum Gasteiger partial charge on any atom is -0.497 e. The summed E-state index contributed by atoms with van der Waals surface area (Å²) in [5.74, 6) is 0.575. The highest BCUT2D eigenvalue weighted by Gasteiger charge is 2.33. The molecular weight excluding hydrogens is 573 g/mol. The lowest BCUT2D eigenvalue weighted by atomic mass is 9.93. The molecule has 5 N–H and O–H groups in total. The number of ether oxygens (including phenoxy) is 1. The summed E-state index contributed by atoms with van der Waals surface area (Å²) in [6, 6.07) is 14.3. The molecule has 2 aromatic carbocycles. The van der Waals surface area contributed by atoms with Gasteiger partial charge in [-0.05, 0) is 79.5 Å². The van der Waals surface area contributed by atoms with E-state index in [2.05, 4.69) is 15.0 Å². The van der Waals surface area contributed by atoms with Crippen LogP contribution < -0.4 is 20.5 Å². The van der Waals surface area contributed by atoms with Crippen molar-refractivity contribution in [1.29, 1.82) is 0 Å². The SMILES string of the molecule is COc1ccc(C[C@@H](CO)Nc2ccncc2S(=O)(=O)N[C@@H](Cc2ccc(N)cc2)C(=O)N2CCC(CCF)CC2)cc1. The van der Waals surface area contributed by atoms with Gasteiger partial charge in [-0.15, -0.1) is 0 Å². The number of aliphatic hydroxyl groups is 1. The second kappa shape index (κ2) is 15.1. The molecule has 43 heavy (non-hydrogen) atoms. The van der Waals surface area contributed by atoms with Crippen LogP contribution in [0.15, 0.2) is 71.9 Å². The summed E-state index contributed by atoms with van der Waals surface area (Å²) >= 11 is 0. The topological polar surface area (TPSA) is 147 Å². The monoisotopic (exact) mass is 613 g/mol. The zero-order valence-corrected chi connectivity index (χ0v) is 25.1. The summed E-state index contributed by atoms with van der Waals surface area (Å²) in [7, 11) is -2.67. The highest BCUT2D eigenvalue weighted by Crippen LogP contribution is 2.25. The molecule has 2 atom stereocenters. The van der Waals surface area contributed by atoms with E-state index in [9.17, 15) is 22.7 Å². The van der Waals surface area contributed by atoms with Gasteiger partial charge in [-0.2, -0.15) is 4.72 Å². The van der Waals surface area contributed by atoms with Gasteiger partial charge in [0, 0.05) is 31.2 Å². The molecule has 0 unspecified atom stereocenters. The largest absolute Gasteiger partial charge is 0.497 e. The first-order chi connectivity index (χ1) is 20.7. The second-order valence-corrected chi connectivity index (χ2v) is 12.5. The number of anilines is 2. The van der Waals surface area contributed by atoms with Crippen molar-refractivity contribution < 1.29 is 27.4 Å². The first kappa shape index (κ1) is 32.2. The number of hydrogen-bond donors (Lipinski definition) is 4. The van der Waals surface area contributed by atoms with Crippen molar-refractivity contribution in [2.45, 2.75) is 49.1 Å². The summed E-state index contributed by atoms with van der Waals surface area (Å²) in [6.45, 7) is 0.230. The highest BCUT2D eigenvalue weighted by atomic mass is 32.2. The van der Waals surface area contributed by atoms with E-state index < -0.39 is 28.8 Å². The average molecular weight is 614 g/mol. The predicted molar refractivity (Wildman–Crippen MR) is 164 cm³/mol. The lowest BCUT2D eigenvalue weighted by Gasteiger charge is -2.34. The molecule has 3 aromatic rings. The molecule has 1 saturated heterocycles. The van der Waals surface area contributed by atoms with Gasteiger partial charge in [0.05, 0.1) is 32.1 Å². The van der Waals surface area contributed by atoms with Gasteiger partial charge in [0.1, 0.15) is 16.7 Å². The van der Waals surface area contributed by atoms with E-state index in [0.717, 1.165) is 11.1 Å². The molecule has 0 spiro atoms. The molecule has 0 radical (unpaired) electrons. The van der Waals surface area contributed by atoms with Crippen LogP contribution in [0.4, 0.5) is 15.8 Å².